The van der Waals surface area contributed by atoms with Crippen LogP contribution in [-0.4, -0.2) is 19.0 Å². The van der Waals surface area contributed by atoms with Crippen molar-refractivity contribution in [1.29, 1.82) is 0 Å². The summed E-state index contributed by atoms with van der Waals surface area (Å²) in [5, 5.41) is 0. The van der Waals surface area contributed by atoms with Gasteiger partial charge in [0.2, 0.25) is 0 Å². The van der Waals surface area contributed by atoms with Crippen LogP contribution in [0.2, 0.25) is 0 Å². The summed E-state index contributed by atoms with van der Waals surface area (Å²) in [4.78, 5) is 0. The highest BCUT2D eigenvalue weighted by Crippen LogP contribution is 2.36. The first-order valence-electron chi connectivity index (χ1n) is 6.70. The quantitative estimate of drug-likeness (QED) is 0.780. The van der Waals surface area contributed by atoms with E-state index in [9.17, 15) is 0 Å². The van der Waals surface area contributed by atoms with E-state index in [1.807, 2.05) is 0 Å². The van der Waals surface area contributed by atoms with Crippen molar-refractivity contribution in [3.05, 3.63) is 34.9 Å². The topological polar surface area (TPSA) is 18.5 Å². The second kappa shape index (κ2) is 4.43. The fraction of sp³-hybridized carbons (Fsp3) is 0.600. The van der Waals surface area contributed by atoms with Crippen LogP contribution in [-0.2, 0) is 28.7 Å². The Morgan fingerprint density at radius 2 is 2.06 bits per heavy atom. The van der Waals surface area contributed by atoms with Crippen LogP contribution in [0.25, 0.3) is 0 Å². The zero-order valence-corrected chi connectivity index (χ0v) is 10.5. The fourth-order valence-electron chi connectivity index (χ4n) is 3.12. The van der Waals surface area contributed by atoms with Crippen molar-refractivity contribution < 1.29 is 9.47 Å². The Morgan fingerprint density at radius 1 is 1.24 bits per heavy atom. The number of aryl methyl sites for hydroxylation is 1. The molecule has 3 rings (SSSR count). The van der Waals surface area contributed by atoms with Gasteiger partial charge in [0.1, 0.15) is 0 Å². The van der Waals surface area contributed by atoms with Crippen LogP contribution in [0.1, 0.15) is 36.5 Å². The Kier molecular flexibility index (Phi) is 2.93. The smallest absolute Gasteiger partial charge is 0.172 e. The Morgan fingerprint density at radius 3 is 2.82 bits per heavy atom. The first kappa shape index (κ1) is 11.2. The van der Waals surface area contributed by atoms with E-state index in [-0.39, 0.29) is 5.79 Å². The van der Waals surface area contributed by atoms with Gasteiger partial charge in [0.05, 0.1) is 13.2 Å². The highest BCUT2D eigenvalue weighted by atomic mass is 16.7. The monoisotopic (exact) mass is 232 g/mol. The molecule has 0 aromatic heterocycles. The molecule has 0 atom stereocenters. The first-order chi connectivity index (χ1) is 8.33. The molecule has 1 heterocycles. The average Bonchev–Trinajstić information content (AvgIpc) is 2.78. The third-order valence-electron chi connectivity index (χ3n) is 3.92. The van der Waals surface area contributed by atoms with Gasteiger partial charge in [-0.3, -0.25) is 0 Å². The molecular formula is C15H20O2. The highest BCUT2D eigenvalue weighted by molar-refractivity contribution is 5.38. The molecule has 92 valence electrons. The molecule has 0 unspecified atom stereocenters. The van der Waals surface area contributed by atoms with Crippen molar-refractivity contribution in [3.63, 3.8) is 0 Å². The number of fused-ring (bicyclic) bond motifs is 1. The molecule has 0 N–H and O–H groups in total. The third-order valence-corrected chi connectivity index (χ3v) is 3.92. The summed E-state index contributed by atoms with van der Waals surface area (Å²) in [6.45, 7) is 3.75. The van der Waals surface area contributed by atoms with Gasteiger partial charge in [-0.05, 0) is 29.5 Å². The molecule has 1 fully saturated rings. The molecule has 2 heteroatoms. The lowest BCUT2D eigenvalue weighted by Crippen LogP contribution is -2.37. The van der Waals surface area contributed by atoms with Crippen LogP contribution in [0.4, 0.5) is 0 Å². The number of ether oxygens (including phenoxy) is 2. The van der Waals surface area contributed by atoms with Crippen LogP contribution in [0.15, 0.2) is 18.2 Å². The largest absolute Gasteiger partial charge is 0.347 e. The molecule has 1 aromatic rings. The Hall–Kier alpha value is -0.860. The standard InChI is InChI=1S/C15H20O2/c1-2-4-12-5-3-6-13-11-15(8-7-14(12)13)16-9-10-17-15/h3,5-6H,2,4,7-11H2,1H3. The van der Waals surface area contributed by atoms with Gasteiger partial charge < -0.3 is 9.47 Å². The number of hydrogen-bond donors (Lipinski definition) is 0. The van der Waals surface area contributed by atoms with Crippen LogP contribution in [0, 0.1) is 0 Å². The minimum atomic E-state index is -0.294. The van der Waals surface area contributed by atoms with Crippen molar-refractivity contribution >= 4 is 0 Å². The molecule has 17 heavy (non-hydrogen) atoms. The van der Waals surface area contributed by atoms with Gasteiger partial charge in [0.15, 0.2) is 5.79 Å². The second-order valence-corrected chi connectivity index (χ2v) is 5.09. The molecule has 0 saturated carbocycles. The maximum absolute atomic E-state index is 5.82. The maximum atomic E-state index is 5.82. The van der Waals surface area contributed by atoms with E-state index in [0.717, 1.165) is 32.5 Å². The van der Waals surface area contributed by atoms with E-state index in [1.54, 1.807) is 5.56 Å². The van der Waals surface area contributed by atoms with Crippen molar-refractivity contribution in [1.82, 2.24) is 0 Å². The molecule has 1 aromatic carbocycles. The molecule has 0 radical (unpaired) electrons. The zero-order chi connectivity index (χ0) is 11.7. The molecular weight excluding hydrogens is 212 g/mol. The predicted octanol–water partition coefficient (Wildman–Crippen LogP) is 2.87. The summed E-state index contributed by atoms with van der Waals surface area (Å²) in [7, 11) is 0. The van der Waals surface area contributed by atoms with Gasteiger partial charge >= 0.3 is 0 Å². The lowest BCUT2D eigenvalue weighted by Gasteiger charge is -2.33. The van der Waals surface area contributed by atoms with Gasteiger partial charge in [-0.1, -0.05) is 31.5 Å². The van der Waals surface area contributed by atoms with Crippen molar-refractivity contribution in [2.75, 3.05) is 13.2 Å². The summed E-state index contributed by atoms with van der Waals surface area (Å²) >= 11 is 0. The lowest BCUT2D eigenvalue weighted by molar-refractivity contribution is -0.163. The molecule has 1 aliphatic heterocycles. The summed E-state index contributed by atoms with van der Waals surface area (Å²) in [5.41, 5.74) is 4.51. The maximum Gasteiger partial charge on any atom is 0.172 e. The molecule has 1 aliphatic carbocycles. The van der Waals surface area contributed by atoms with E-state index < -0.39 is 0 Å². The first-order valence-corrected chi connectivity index (χ1v) is 6.70. The predicted molar refractivity (Wildman–Crippen MR) is 67.1 cm³/mol. The second-order valence-electron chi connectivity index (χ2n) is 5.09. The molecule has 1 spiro atoms. The van der Waals surface area contributed by atoms with E-state index in [0.29, 0.717) is 0 Å². The van der Waals surface area contributed by atoms with E-state index in [2.05, 4.69) is 25.1 Å². The summed E-state index contributed by atoms with van der Waals surface area (Å²) in [6, 6.07) is 6.69. The zero-order valence-electron chi connectivity index (χ0n) is 10.5. The normalized spacial score (nSPS) is 21.7. The molecule has 0 bridgehead atoms. The Labute approximate surface area is 103 Å². The molecule has 2 nitrogen and oxygen atoms in total. The minimum absolute atomic E-state index is 0.294. The highest BCUT2D eigenvalue weighted by Gasteiger charge is 2.39. The Bertz CT molecular complexity index is 405. The molecule has 2 aliphatic rings. The third kappa shape index (κ3) is 2.00. The SMILES string of the molecule is CCCc1cccc2c1CCC1(C2)OCCO1. The van der Waals surface area contributed by atoms with Gasteiger partial charge in [0, 0.05) is 12.8 Å². The molecule has 0 amide bonds. The van der Waals surface area contributed by atoms with Crippen LogP contribution in [0.5, 0.6) is 0 Å². The Balaban J connectivity index is 1.90. The number of rotatable bonds is 2. The fourth-order valence-corrected chi connectivity index (χ4v) is 3.12. The molecule has 1 saturated heterocycles. The lowest BCUT2D eigenvalue weighted by atomic mass is 9.83. The van der Waals surface area contributed by atoms with Crippen LogP contribution >= 0.6 is 0 Å². The van der Waals surface area contributed by atoms with E-state index in [4.69, 9.17) is 9.47 Å². The average molecular weight is 232 g/mol. The van der Waals surface area contributed by atoms with Crippen molar-refractivity contribution in [2.45, 2.75) is 44.8 Å². The van der Waals surface area contributed by atoms with Crippen LogP contribution < -0.4 is 0 Å². The number of hydrogen-bond acceptors (Lipinski definition) is 2. The van der Waals surface area contributed by atoms with Crippen LogP contribution in [0.3, 0.4) is 0 Å². The minimum Gasteiger partial charge on any atom is -0.347 e. The van der Waals surface area contributed by atoms with Gasteiger partial charge in [-0.15, -0.1) is 0 Å². The van der Waals surface area contributed by atoms with Crippen molar-refractivity contribution in [2.24, 2.45) is 0 Å². The van der Waals surface area contributed by atoms with Gasteiger partial charge in [-0.2, -0.15) is 0 Å². The number of benzene rings is 1. The summed E-state index contributed by atoms with van der Waals surface area (Å²) in [5.74, 6) is -0.294. The van der Waals surface area contributed by atoms with E-state index >= 15 is 0 Å². The summed E-state index contributed by atoms with van der Waals surface area (Å²) < 4.78 is 11.6. The summed E-state index contributed by atoms with van der Waals surface area (Å²) in [6.07, 6.45) is 5.46. The van der Waals surface area contributed by atoms with Gasteiger partial charge in [0.25, 0.3) is 0 Å². The van der Waals surface area contributed by atoms with E-state index in [1.165, 1.54) is 24.0 Å². The van der Waals surface area contributed by atoms with Crippen molar-refractivity contribution in [3.8, 4) is 0 Å². The van der Waals surface area contributed by atoms with Gasteiger partial charge in [-0.25, -0.2) is 0 Å².